The molecule has 0 aliphatic heterocycles. The van der Waals surface area contributed by atoms with Crippen LogP contribution in [0.15, 0.2) is 22.8 Å². The topological polar surface area (TPSA) is 94.0 Å². The van der Waals surface area contributed by atoms with Gasteiger partial charge in [0.2, 0.25) is 11.5 Å². The normalized spacial score (nSPS) is 13.9. The molecule has 0 saturated carbocycles. The van der Waals surface area contributed by atoms with E-state index in [1.807, 2.05) is 12.1 Å². The Bertz CT molecular complexity index is 621. The summed E-state index contributed by atoms with van der Waals surface area (Å²) in [5, 5.41) is 9.73. The van der Waals surface area contributed by atoms with Crippen LogP contribution in [0.1, 0.15) is 34.5 Å². The molecule has 98 valence electrons. The minimum absolute atomic E-state index is 0.00213. The van der Waals surface area contributed by atoms with Gasteiger partial charge >= 0.3 is 0 Å². The summed E-state index contributed by atoms with van der Waals surface area (Å²) in [4.78, 5) is 12.0. The van der Waals surface area contributed by atoms with Crippen molar-refractivity contribution in [1.82, 2.24) is 10.3 Å². The molecule has 0 spiro atoms. The number of aromatic nitrogens is 2. The molecule has 0 saturated heterocycles. The fourth-order valence-corrected chi connectivity index (χ4v) is 2.43. The first-order chi connectivity index (χ1) is 9.25. The summed E-state index contributed by atoms with van der Waals surface area (Å²) >= 11 is 0. The van der Waals surface area contributed by atoms with Crippen molar-refractivity contribution in [2.75, 3.05) is 11.1 Å². The molecule has 19 heavy (non-hydrogen) atoms. The van der Waals surface area contributed by atoms with Crippen LogP contribution in [0.25, 0.3) is 0 Å². The van der Waals surface area contributed by atoms with Gasteiger partial charge in [0.15, 0.2) is 0 Å². The van der Waals surface area contributed by atoms with Crippen LogP contribution in [0.3, 0.4) is 0 Å². The average Bonchev–Trinajstić information content (AvgIpc) is 2.85. The molecular formula is C13H14N4O2. The Morgan fingerprint density at radius 3 is 2.89 bits per heavy atom. The van der Waals surface area contributed by atoms with E-state index in [9.17, 15) is 4.79 Å². The number of fused-ring (bicyclic) bond motifs is 1. The zero-order chi connectivity index (χ0) is 13.2. The van der Waals surface area contributed by atoms with E-state index in [1.54, 1.807) is 0 Å². The lowest BCUT2D eigenvalue weighted by Gasteiger charge is -2.19. The molecule has 1 aromatic heterocycles. The number of benzene rings is 1. The highest BCUT2D eigenvalue weighted by Crippen LogP contribution is 2.28. The second-order valence-electron chi connectivity index (χ2n) is 4.60. The number of nitrogen functional groups attached to an aromatic ring is 1. The van der Waals surface area contributed by atoms with Crippen molar-refractivity contribution in [1.29, 1.82) is 0 Å². The summed E-state index contributed by atoms with van der Waals surface area (Å²) in [7, 11) is 0. The van der Waals surface area contributed by atoms with E-state index in [0.717, 1.165) is 24.9 Å². The van der Waals surface area contributed by atoms with Crippen molar-refractivity contribution in [3.8, 4) is 0 Å². The van der Waals surface area contributed by atoms with Gasteiger partial charge in [-0.3, -0.25) is 4.79 Å². The molecular weight excluding hydrogens is 244 g/mol. The highest BCUT2D eigenvalue weighted by Gasteiger charge is 2.19. The molecule has 3 rings (SSSR count). The van der Waals surface area contributed by atoms with Crippen LogP contribution in [0, 0.1) is 0 Å². The van der Waals surface area contributed by atoms with E-state index in [0.29, 0.717) is 0 Å². The van der Waals surface area contributed by atoms with Gasteiger partial charge in [-0.2, -0.15) is 0 Å². The summed E-state index contributed by atoms with van der Waals surface area (Å²) in [6.45, 7) is 0. The molecule has 1 aromatic carbocycles. The Balaban J connectivity index is 1.88. The third kappa shape index (κ3) is 2.16. The van der Waals surface area contributed by atoms with Crippen molar-refractivity contribution in [2.24, 2.45) is 0 Å². The Kier molecular flexibility index (Phi) is 2.91. The molecule has 0 radical (unpaired) electrons. The summed E-state index contributed by atoms with van der Waals surface area (Å²) in [5.41, 5.74) is 8.86. The van der Waals surface area contributed by atoms with Gasteiger partial charge in [0.05, 0.1) is 0 Å². The Hall–Kier alpha value is -2.37. The molecule has 6 heteroatoms. The first-order valence-electron chi connectivity index (χ1n) is 6.26. The predicted octanol–water partition coefficient (Wildman–Crippen LogP) is 1.78. The van der Waals surface area contributed by atoms with Gasteiger partial charge in [0.25, 0.3) is 5.91 Å². The predicted molar refractivity (Wildman–Crippen MR) is 69.7 cm³/mol. The lowest BCUT2D eigenvalue weighted by atomic mass is 9.90. The molecule has 2 aromatic rings. The fraction of sp³-hybridized carbons (Fsp3) is 0.308. The average molecular weight is 258 g/mol. The maximum atomic E-state index is 12.0. The lowest BCUT2D eigenvalue weighted by Crippen LogP contribution is -2.17. The molecule has 1 aliphatic rings. The molecule has 1 amide bonds. The minimum Gasteiger partial charge on any atom is -0.379 e. The summed E-state index contributed by atoms with van der Waals surface area (Å²) in [6, 6.07) is 5.95. The monoisotopic (exact) mass is 258 g/mol. The number of amides is 1. The summed E-state index contributed by atoms with van der Waals surface area (Å²) in [6.07, 6.45) is 4.39. The van der Waals surface area contributed by atoms with Crippen LogP contribution in [-0.2, 0) is 12.8 Å². The van der Waals surface area contributed by atoms with Crippen LogP contribution in [0.5, 0.6) is 0 Å². The number of rotatable bonds is 2. The number of hydrogen-bond donors (Lipinski definition) is 2. The maximum Gasteiger partial charge on any atom is 0.281 e. The summed E-state index contributed by atoms with van der Waals surface area (Å²) < 4.78 is 4.43. The van der Waals surface area contributed by atoms with E-state index < -0.39 is 5.91 Å². The maximum absolute atomic E-state index is 12.0. The molecule has 1 aliphatic carbocycles. The first kappa shape index (κ1) is 11.7. The van der Waals surface area contributed by atoms with Crippen LogP contribution in [0.2, 0.25) is 0 Å². The SMILES string of the molecule is Nc1nonc1C(=O)Nc1cccc2c1CCCC2. The molecule has 1 heterocycles. The number of nitrogens with two attached hydrogens (primary N) is 1. The van der Waals surface area contributed by atoms with E-state index in [1.165, 1.54) is 17.5 Å². The third-order valence-corrected chi connectivity index (χ3v) is 3.37. The van der Waals surface area contributed by atoms with Gasteiger partial charge < -0.3 is 11.1 Å². The van der Waals surface area contributed by atoms with E-state index in [4.69, 9.17) is 5.73 Å². The van der Waals surface area contributed by atoms with E-state index >= 15 is 0 Å². The number of hydrogen-bond acceptors (Lipinski definition) is 5. The quantitative estimate of drug-likeness (QED) is 0.856. The number of aryl methyl sites for hydroxylation is 1. The van der Waals surface area contributed by atoms with Crippen molar-refractivity contribution in [3.05, 3.63) is 35.0 Å². The number of carbonyl (C=O) groups is 1. The highest BCUT2D eigenvalue weighted by atomic mass is 16.6. The molecule has 6 nitrogen and oxygen atoms in total. The highest BCUT2D eigenvalue weighted by molar-refractivity contribution is 6.05. The van der Waals surface area contributed by atoms with Gasteiger partial charge in [-0.05, 0) is 53.2 Å². The van der Waals surface area contributed by atoms with Gasteiger partial charge in [0.1, 0.15) is 0 Å². The number of carbonyl (C=O) groups excluding carboxylic acids is 1. The van der Waals surface area contributed by atoms with E-state index in [2.05, 4.69) is 26.3 Å². The Labute approximate surface area is 109 Å². The largest absolute Gasteiger partial charge is 0.379 e. The summed E-state index contributed by atoms with van der Waals surface area (Å²) in [5.74, 6) is -0.389. The van der Waals surface area contributed by atoms with Gasteiger partial charge in [-0.1, -0.05) is 12.1 Å². The zero-order valence-corrected chi connectivity index (χ0v) is 10.3. The zero-order valence-electron chi connectivity index (χ0n) is 10.3. The first-order valence-corrected chi connectivity index (χ1v) is 6.26. The van der Waals surface area contributed by atoms with Crippen LogP contribution < -0.4 is 11.1 Å². The minimum atomic E-state index is -0.391. The second-order valence-corrected chi connectivity index (χ2v) is 4.60. The van der Waals surface area contributed by atoms with Gasteiger partial charge in [0, 0.05) is 5.69 Å². The van der Waals surface area contributed by atoms with Crippen LogP contribution in [0.4, 0.5) is 11.5 Å². The Morgan fingerprint density at radius 1 is 1.26 bits per heavy atom. The smallest absolute Gasteiger partial charge is 0.281 e. The third-order valence-electron chi connectivity index (χ3n) is 3.37. The molecule has 0 bridgehead atoms. The number of anilines is 2. The van der Waals surface area contributed by atoms with Crippen molar-refractivity contribution in [3.63, 3.8) is 0 Å². The second kappa shape index (κ2) is 4.72. The Morgan fingerprint density at radius 2 is 2.11 bits per heavy atom. The van der Waals surface area contributed by atoms with Gasteiger partial charge in [-0.15, -0.1) is 0 Å². The molecule has 0 atom stereocenters. The number of nitrogens with zero attached hydrogens (tertiary/aromatic N) is 2. The fourth-order valence-electron chi connectivity index (χ4n) is 2.43. The van der Waals surface area contributed by atoms with Crippen LogP contribution >= 0.6 is 0 Å². The van der Waals surface area contributed by atoms with Crippen molar-refractivity contribution >= 4 is 17.4 Å². The lowest BCUT2D eigenvalue weighted by molar-refractivity contribution is 0.101. The molecule has 0 fully saturated rings. The van der Waals surface area contributed by atoms with Gasteiger partial charge in [-0.25, -0.2) is 4.63 Å². The van der Waals surface area contributed by atoms with Crippen molar-refractivity contribution in [2.45, 2.75) is 25.7 Å². The molecule has 3 N–H and O–H groups in total. The number of nitrogens with one attached hydrogen (secondary N) is 1. The van der Waals surface area contributed by atoms with Crippen LogP contribution in [-0.4, -0.2) is 16.2 Å². The standard InChI is InChI=1S/C13H14N4O2/c14-12-11(16-19-17-12)13(18)15-10-7-3-5-8-4-1-2-6-9(8)10/h3,5,7H,1-2,4,6H2,(H2,14,17)(H,15,18). The van der Waals surface area contributed by atoms with Crippen molar-refractivity contribution < 1.29 is 9.42 Å². The molecule has 0 unspecified atom stereocenters. The van der Waals surface area contributed by atoms with E-state index in [-0.39, 0.29) is 11.5 Å².